The van der Waals surface area contributed by atoms with Crippen molar-refractivity contribution in [3.8, 4) is 5.75 Å². The average Bonchev–Trinajstić information content (AvgIpc) is 2.64. The highest BCUT2D eigenvalue weighted by Gasteiger charge is 2.33. The van der Waals surface area contributed by atoms with Crippen molar-refractivity contribution < 1.29 is 14.6 Å². The fourth-order valence-electron chi connectivity index (χ4n) is 3.77. The third-order valence-corrected chi connectivity index (χ3v) is 5.16. The highest BCUT2D eigenvalue weighted by molar-refractivity contribution is 5.82. The first-order valence-electron chi connectivity index (χ1n) is 8.80. The molecule has 0 aliphatic carbocycles. The van der Waals surface area contributed by atoms with Crippen molar-refractivity contribution in [3.05, 3.63) is 36.7 Å². The third kappa shape index (κ3) is 3.38. The van der Waals surface area contributed by atoms with Gasteiger partial charge in [0.25, 0.3) is 0 Å². The van der Waals surface area contributed by atoms with E-state index < -0.39 is 6.10 Å². The number of likely N-dealkylation sites (tertiary alicyclic amines) is 1. The van der Waals surface area contributed by atoms with Gasteiger partial charge >= 0.3 is 0 Å². The van der Waals surface area contributed by atoms with Crippen molar-refractivity contribution in [2.45, 2.75) is 37.5 Å². The van der Waals surface area contributed by atoms with E-state index >= 15 is 0 Å². The van der Waals surface area contributed by atoms with Crippen LogP contribution in [0.4, 0.5) is 0 Å². The lowest BCUT2D eigenvalue weighted by atomic mass is 9.99. The van der Waals surface area contributed by atoms with Crippen LogP contribution < -0.4 is 4.74 Å². The van der Waals surface area contributed by atoms with Gasteiger partial charge < -0.3 is 14.6 Å². The molecule has 0 radical (unpaired) electrons. The van der Waals surface area contributed by atoms with Gasteiger partial charge in [-0.25, -0.2) is 0 Å². The second kappa shape index (κ2) is 7.05. The van der Waals surface area contributed by atoms with E-state index in [-0.39, 0.29) is 6.10 Å². The monoisotopic (exact) mass is 328 g/mol. The van der Waals surface area contributed by atoms with E-state index in [9.17, 15) is 5.11 Å². The molecule has 5 heteroatoms. The molecule has 5 nitrogen and oxygen atoms in total. The molecule has 2 saturated heterocycles. The van der Waals surface area contributed by atoms with Crippen LogP contribution in [0.15, 0.2) is 36.7 Å². The van der Waals surface area contributed by atoms with Crippen LogP contribution >= 0.6 is 0 Å². The third-order valence-electron chi connectivity index (χ3n) is 5.16. The molecule has 128 valence electrons. The summed E-state index contributed by atoms with van der Waals surface area (Å²) >= 11 is 0. The topological polar surface area (TPSA) is 54.8 Å². The Labute approximate surface area is 142 Å². The molecule has 24 heavy (non-hydrogen) atoms. The van der Waals surface area contributed by atoms with E-state index in [1.165, 1.54) is 0 Å². The summed E-state index contributed by atoms with van der Waals surface area (Å²) in [5.74, 6) is 0.805. The van der Waals surface area contributed by atoms with Crippen molar-refractivity contribution in [1.82, 2.24) is 9.88 Å². The van der Waals surface area contributed by atoms with Crippen LogP contribution in [0.25, 0.3) is 10.8 Å². The lowest BCUT2D eigenvalue weighted by Crippen LogP contribution is -2.53. The summed E-state index contributed by atoms with van der Waals surface area (Å²) in [5, 5.41) is 12.7. The molecule has 1 aromatic heterocycles. The van der Waals surface area contributed by atoms with E-state index in [4.69, 9.17) is 9.47 Å². The van der Waals surface area contributed by atoms with Crippen molar-refractivity contribution in [2.75, 3.05) is 26.3 Å². The van der Waals surface area contributed by atoms with Crippen LogP contribution in [0.3, 0.4) is 0 Å². The maximum atomic E-state index is 10.5. The van der Waals surface area contributed by atoms with Crippen molar-refractivity contribution in [2.24, 2.45) is 0 Å². The fourth-order valence-corrected chi connectivity index (χ4v) is 3.77. The fraction of sp³-hybridized carbons (Fsp3) is 0.526. The summed E-state index contributed by atoms with van der Waals surface area (Å²) in [6.45, 7) is 3.33. The first kappa shape index (κ1) is 15.8. The molecular formula is C19H24N2O3. The molecule has 2 fully saturated rings. The van der Waals surface area contributed by atoms with Gasteiger partial charge in [-0.3, -0.25) is 9.88 Å². The summed E-state index contributed by atoms with van der Waals surface area (Å²) in [6.07, 6.45) is 6.02. The second-order valence-electron chi connectivity index (χ2n) is 6.74. The van der Waals surface area contributed by atoms with Crippen molar-refractivity contribution >= 4 is 10.8 Å². The largest absolute Gasteiger partial charge is 0.488 e. The molecule has 0 bridgehead atoms. The molecule has 2 aliphatic rings. The number of nitrogens with zero attached hydrogens (tertiary/aromatic N) is 2. The standard InChI is InChI=1S/C19H24N2O3/c22-18-13-21(16-5-9-23-10-6-16)8-4-19(18)24-17-2-1-14-3-7-20-12-15(14)11-17/h1-3,7,11-12,16,18-19,22H,4-6,8-10,13H2/t18-,19-/m1/s1. The van der Waals surface area contributed by atoms with E-state index in [0.717, 1.165) is 55.5 Å². The van der Waals surface area contributed by atoms with Crippen LogP contribution in [-0.2, 0) is 4.74 Å². The number of aliphatic hydroxyl groups excluding tert-OH is 1. The number of benzene rings is 1. The minimum Gasteiger partial charge on any atom is -0.488 e. The maximum absolute atomic E-state index is 10.5. The smallest absolute Gasteiger partial charge is 0.127 e. The van der Waals surface area contributed by atoms with Gasteiger partial charge in [0.15, 0.2) is 0 Å². The van der Waals surface area contributed by atoms with Crippen LogP contribution in [0.2, 0.25) is 0 Å². The number of aromatic nitrogens is 1. The zero-order valence-corrected chi connectivity index (χ0v) is 13.8. The van der Waals surface area contributed by atoms with Gasteiger partial charge in [-0.05, 0) is 42.8 Å². The first-order chi connectivity index (χ1) is 11.8. The molecular weight excluding hydrogens is 304 g/mol. The predicted molar refractivity (Wildman–Crippen MR) is 92.2 cm³/mol. The molecule has 1 aromatic carbocycles. The van der Waals surface area contributed by atoms with Gasteiger partial charge in [0.05, 0.1) is 0 Å². The Balaban J connectivity index is 1.39. The summed E-state index contributed by atoms with van der Waals surface area (Å²) in [7, 11) is 0. The summed E-state index contributed by atoms with van der Waals surface area (Å²) in [4.78, 5) is 6.56. The Morgan fingerprint density at radius 1 is 1.12 bits per heavy atom. The number of fused-ring (bicyclic) bond motifs is 1. The van der Waals surface area contributed by atoms with Crippen LogP contribution in [0.1, 0.15) is 19.3 Å². The summed E-state index contributed by atoms with van der Waals surface area (Å²) in [5.41, 5.74) is 0. The van der Waals surface area contributed by atoms with Gasteiger partial charge in [0, 0.05) is 50.1 Å². The molecule has 2 aromatic rings. The molecule has 0 amide bonds. The van der Waals surface area contributed by atoms with Crippen molar-refractivity contribution in [3.63, 3.8) is 0 Å². The van der Waals surface area contributed by atoms with Gasteiger partial charge in [0.2, 0.25) is 0 Å². The molecule has 0 unspecified atom stereocenters. The molecule has 2 aliphatic heterocycles. The Morgan fingerprint density at radius 3 is 2.83 bits per heavy atom. The Bertz CT molecular complexity index is 687. The number of pyridine rings is 1. The van der Waals surface area contributed by atoms with E-state index in [2.05, 4.69) is 9.88 Å². The van der Waals surface area contributed by atoms with Crippen LogP contribution in [0.5, 0.6) is 5.75 Å². The molecule has 0 saturated carbocycles. The lowest BCUT2D eigenvalue weighted by molar-refractivity contribution is -0.0540. The highest BCUT2D eigenvalue weighted by Crippen LogP contribution is 2.25. The van der Waals surface area contributed by atoms with Gasteiger partial charge in [-0.1, -0.05) is 6.07 Å². The molecule has 2 atom stereocenters. The van der Waals surface area contributed by atoms with Crippen LogP contribution in [-0.4, -0.2) is 59.5 Å². The van der Waals surface area contributed by atoms with Gasteiger partial charge in [0.1, 0.15) is 18.0 Å². The van der Waals surface area contributed by atoms with Crippen molar-refractivity contribution in [1.29, 1.82) is 0 Å². The average molecular weight is 328 g/mol. The predicted octanol–water partition coefficient (Wildman–Crippen LogP) is 2.23. The number of β-amino-alcohol motifs (C(OH)–C–C–N with tert-alkyl or cyclic N) is 1. The van der Waals surface area contributed by atoms with Gasteiger partial charge in [-0.15, -0.1) is 0 Å². The zero-order valence-electron chi connectivity index (χ0n) is 13.8. The van der Waals surface area contributed by atoms with Gasteiger partial charge in [-0.2, -0.15) is 0 Å². The molecule has 1 N–H and O–H groups in total. The normalized spacial score (nSPS) is 26.5. The highest BCUT2D eigenvalue weighted by atomic mass is 16.5. The van der Waals surface area contributed by atoms with E-state index in [1.807, 2.05) is 30.5 Å². The molecule has 4 rings (SSSR count). The zero-order chi connectivity index (χ0) is 16.4. The van der Waals surface area contributed by atoms with E-state index in [1.54, 1.807) is 6.20 Å². The lowest BCUT2D eigenvalue weighted by Gasteiger charge is -2.41. The molecule has 0 spiro atoms. The Hall–Kier alpha value is -1.69. The second-order valence-corrected chi connectivity index (χ2v) is 6.74. The SMILES string of the molecule is O[C@@H]1CN(C2CCOCC2)CC[C@H]1Oc1ccc2ccncc2c1. The minimum atomic E-state index is -0.453. The summed E-state index contributed by atoms with van der Waals surface area (Å²) in [6, 6.07) is 8.54. The summed E-state index contributed by atoms with van der Waals surface area (Å²) < 4.78 is 11.5. The van der Waals surface area contributed by atoms with Crippen LogP contribution in [0, 0.1) is 0 Å². The van der Waals surface area contributed by atoms with E-state index in [0.29, 0.717) is 12.6 Å². The quantitative estimate of drug-likeness (QED) is 0.936. The number of piperidine rings is 1. The minimum absolute atomic E-state index is 0.143. The maximum Gasteiger partial charge on any atom is 0.127 e. The Kier molecular flexibility index (Phi) is 4.65. The number of hydrogen-bond acceptors (Lipinski definition) is 5. The molecule has 3 heterocycles. The number of aliphatic hydroxyl groups is 1. The Morgan fingerprint density at radius 2 is 2.00 bits per heavy atom. The number of hydrogen-bond donors (Lipinski definition) is 1. The number of rotatable bonds is 3. The first-order valence-corrected chi connectivity index (χ1v) is 8.80. The number of ether oxygens (including phenoxy) is 2.